The van der Waals surface area contributed by atoms with Crippen LogP contribution in [0.15, 0.2) is 12.1 Å². The van der Waals surface area contributed by atoms with Crippen LogP contribution in [0, 0.1) is 11.5 Å². The van der Waals surface area contributed by atoms with Crippen molar-refractivity contribution in [2.75, 3.05) is 5.73 Å². The summed E-state index contributed by atoms with van der Waals surface area (Å²) >= 11 is 0. The summed E-state index contributed by atoms with van der Waals surface area (Å²) in [5.74, 6) is 3.42. The molecule has 2 N–H and O–H groups in total. The molecule has 4 heteroatoms. The number of hydrogen-bond acceptors (Lipinski definition) is 3. The van der Waals surface area contributed by atoms with Gasteiger partial charge in [0.05, 0.1) is 0 Å². The lowest BCUT2D eigenvalue weighted by molar-refractivity contribution is 1.02. The van der Waals surface area contributed by atoms with Crippen LogP contribution in [0.2, 0.25) is 19.6 Å². The summed E-state index contributed by atoms with van der Waals surface area (Å²) in [6.07, 6.45) is 0. The molecule has 0 aliphatic heterocycles. The second-order valence-corrected chi connectivity index (χ2v) is 8.59. The summed E-state index contributed by atoms with van der Waals surface area (Å²) in [5, 5.41) is 7.58. The predicted molar refractivity (Wildman–Crippen MR) is 56.7 cm³/mol. The molecule has 0 saturated heterocycles. The lowest BCUT2D eigenvalue weighted by Gasteiger charge is -2.02. The Bertz CT molecular complexity index is 340. The van der Waals surface area contributed by atoms with Crippen molar-refractivity contribution < 1.29 is 0 Å². The first-order valence-corrected chi connectivity index (χ1v) is 7.60. The number of nitrogens with zero attached hydrogens (tertiary/aromatic N) is 2. The van der Waals surface area contributed by atoms with E-state index < -0.39 is 8.07 Å². The molecule has 1 heterocycles. The summed E-state index contributed by atoms with van der Waals surface area (Å²) in [6, 6.07) is 3.50. The number of nitrogen functional groups attached to an aromatic ring is 1. The lowest BCUT2D eigenvalue weighted by atomic mass is 10.4. The molecular weight excluding hydrogens is 178 g/mol. The Morgan fingerprint density at radius 1 is 1.23 bits per heavy atom. The van der Waals surface area contributed by atoms with Crippen molar-refractivity contribution in [2.45, 2.75) is 19.6 Å². The van der Waals surface area contributed by atoms with Crippen LogP contribution >= 0.6 is 0 Å². The Balaban J connectivity index is 2.85. The standard InChI is InChI=1S/C9H13N3Si/c1-13(2,3)7-6-8-4-5-9(10)12-11-8/h4-5H,1-3H3,(H2,10,12). The van der Waals surface area contributed by atoms with E-state index >= 15 is 0 Å². The molecule has 0 unspecified atom stereocenters. The SMILES string of the molecule is C[Si](C)(C)C#Cc1ccc(N)nn1. The second-order valence-electron chi connectivity index (χ2n) is 3.84. The fraction of sp³-hybridized carbons (Fsp3) is 0.333. The van der Waals surface area contributed by atoms with E-state index in [1.54, 1.807) is 12.1 Å². The van der Waals surface area contributed by atoms with Gasteiger partial charge in [-0.15, -0.1) is 15.7 Å². The maximum Gasteiger partial charge on any atom is 0.146 e. The van der Waals surface area contributed by atoms with Crippen LogP contribution < -0.4 is 5.73 Å². The molecule has 1 rings (SSSR count). The summed E-state index contributed by atoms with van der Waals surface area (Å²) in [5.41, 5.74) is 9.29. The van der Waals surface area contributed by atoms with Crippen LogP contribution in [0.3, 0.4) is 0 Å². The zero-order chi connectivity index (χ0) is 9.90. The molecule has 3 nitrogen and oxygen atoms in total. The quantitative estimate of drug-likeness (QED) is 0.496. The topological polar surface area (TPSA) is 51.8 Å². The first kappa shape index (κ1) is 9.74. The van der Waals surface area contributed by atoms with Crippen LogP contribution in [0.5, 0.6) is 0 Å². The van der Waals surface area contributed by atoms with Crippen molar-refractivity contribution in [3.63, 3.8) is 0 Å². The van der Waals surface area contributed by atoms with E-state index in [1.165, 1.54) is 0 Å². The smallest absolute Gasteiger partial charge is 0.146 e. The molecule has 0 amide bonds. The van der Waals surface area contributed by atoms with Crippen LogP contribution in [0.25, 0.3) is 0 Å². The highest BCUT2D eigenvalue weighted by Crippen LogP contribution is 1.99. The highest BCUT2D eigenvalue weighted by molar-refractivity contribution is 6.83. The van der Waals surface area contributed by atoms with Crippen LogP contribution in [-0.4, -0.2) is 18.3 Å². The number of aromatic nitrogens is 2. The zero-order valence-corrected chi connectivity index (χ0v) is 9.13. The van der Waals surface area contributed by atoms with E-state index in [0.717, 1.165) is 0 Å². The molecule has 0 bridgehead atoms. The molecule has 13 heavy (non-hydrogen) atoms. The molecule has 0 aliphatic rings. The maximum atomic E-state index is 5.40. The Morgan fingerprint density at radius 2 is 1.92 bits per heavy atom. The molecule has 0 atom stereocenters. The van der Waals surface area contributed by atoms with Crippen LogP contribution in [0.4, 0.5) is 5.82 Å². The predicted octanol–water partition coefficient (Wildman–Crippen LogP) is 1.29. The van der Waals surface area contributed by atoms with E-state index in [0.29, 0.717) is 11.5 Å². The highest BCUT2D eigenvalue weighted by atomic mass is 28.3. The van der Waals surface area contributed by atoms with Crippen molar-refractivity contribution >= 4 is 13.9 Å². The molecule has 0 fully saturated rings. The fourth-order valence-electron chi connectivity index (χ4n) is 0.661. The first-order valence-electron chi connectivity index (χ1n) is 4.10. The van der Waals surface area contributed by atoms with Gasteiger partial charge in [0.15, 0.2) is 0 Å². The molecule has 1 aromatic rings. The maximum absolute atomic E-state index is 5.40. The zero-order valence-electron chi connectivity index (χ0n) is 8.13. The molecule has 1 aromatic heterocycles. The van der Waals surface area contributed by atoms with Gasteiger partial charge in [0, 0.05) is 0 Å². The van der Waals surface area contributed by atoms with Gasteiger partial charge in [-0.05, 0) is 12.1 Å². The monoisotopic (exact) mass is 191 g/mol. The molecular formula is C9H13N3Si. The minimum Gasteiger partial charge on any atom is -0.382 e. The lowest BCUT2D eigenvalue weighted by Crippen LogP contribution is -2.16. The molecule has 68 valence electrons. The number of anilines is 1. The molecule has 0 saturated carbocycles. The summed E-state index contributed by atoms with van der Waals surface area (Å²) in [4.78, 5) is 0. The highest BCUT2D eigenvalue weighted by Gasteiger charge is 2.07. The van der Waals surface area contributed by atoms with E-state index in [1.807, 2.05) is 0 Å². The number of rotatable bonds is 0. The van der Waals surface area contributed by atoms with Gasteiger partial charge < -0.3 is 5.73 Å². The van der Waals surface area contributed by atoms with Gasteiger partial charge in [-0.3, -0.25) is 0 Å². The number of hydrogen-bond donors (Lipinski definition) is 1. The van der Waals surface area contributed by atoms with Crippen molar-refractivity contribution in [3.05, 3.63) is 17.8 Å². The fourth-order valence-corrected chi connectivity index (χ4v) is 1.16. The first-order chi connectivity index (χ1) is 5.97. The largest absolute Gasteiger partial charge is 0.382 e. The second kappa shape index (κ2) is 3.58. The van der Waals surface area contributed by atoms with Gasteiger partial charge in [-0.1, -0.05) is 25.6 Å². The summed E-state index contributed by atoms with van der Waals surface area (Å²) < 4.78 is 0. The van der Waals surface area contributed by atoms with Gasteiger partial charge in [0.2, 0.25) is 0 Å². The molecule has 0 radical (unpaired) electrons. The third-order valence-corrected chi connectivity index (χ3v) is 2.13. The molecule has 0 spiro atoms. The summed E-state index contributed by atoms with van der Waals surface area (Å²) in [7, 11) is -1.31. The average Bonchev–Trinajstić information content (AvgIpc) is 2.02. The normalized spacial score (nSPS) is 10.4. The van der Waals surface area contributed by atoms with E-state index in [4.69, 9.17) is 5.73 Å². The van der Waals surface area contributed by atoms with Gasteiger partial charge in [-0.25, -0.2) is 0 Å². The Morgan fingerprint density at radius 3 is 2.38 bits per heavy atom. The van der Waals surface area contributed by atoms with E-state index in [-0.39, 0.29) is 0 Å². The third-order valence-electron chi connectivity index (χ3n) is 1.25. The molecule has 0 aromatic carbocycles. The van der Waals surface area contributed by atoms with Crippen molar-refractivity contribution in [2.24, 2.45) is 0 Å². The minimum absolute atomic E-state index is 0.429. The molecule has 0 aliphatic carbocycles. The third kappa shape index (κ3) is 3.72. The van der Waals surface area contributed by atoms with Crippen molar-refractivity contribution in [1.82, 2.24) is 10.2 Å². The minimum atomic E-state index is -1.31. The Hall–Kier alpha value is -1.34. The van der Waals surface area contributed by atoms with Gasteiger partial charge in [-0.2, -0.15) is 0 Å². The Labute approximate surface area is 79.4 Å². The van der Waals surface area contributed by atoms with Gasteiger partial charge >= 0.3 is 0 Å². The van der Waals surface area contributed by atoms with Crippen molar-refractivity contribution in [1.29, 1.82) is 0 Å². The summed E-state index contributed by atoms with van der Waals surface area (Å²) in [6.45, 7) is 6.56. The van der Waals surface area contributed by atoms with Crippen molar-refractivity contribution in [3.8, 4) is 11.5 Å². The van der Waals surface area contributed by atoms with Crippen LogP contribution in [-0.2, 0) is 0 Å². The van der Waals surface area contributed by atoms with Crippen LogP contribution in [0.1, 0.15) is 5.69 Å². The Kier molecular flexibility index (Phi) is 2.68. The van der Waals surface area contributed by atoms with E-state index in [9.17, 15) is 0 Å². The van der Waals surface area contributed by atoms with E-state index in [2.05, 4.69) is 41.3 Å². The van der Waals surface area contributed by atoms with Gasteiger partial charge in [0.1, 0.15) is 19.6 Å². The van der Waals surface area contributed by atoms with Gasteiger partial charge in [0.25, 0.3) is 0 Å². The number of nitrogens with two attached hydrogens (primary N) is 1. The average molecular weight is 191 g/mol.